The molecule has 0 bridgehead atoms. The van der Waals surface area contributed by atoms with E-state index >= 15 is 0 Å². The number of hydrogen-bond acceptors (Lipinski definition) is 7. The van der Waals surface area contributed by atoms with Crippen LogP contribution >= 0.6 is 22.9 Å². The van der Waals surface area contributed by atoms with E-state index in [1.165, 1.54) is 17.5 Å². The molecule has 0 saturated carbocycles. The molecule has 35 heavy (non-hydrogen) atoms. The number of likely N-dealkylation sites (N-methyl/N-ethyl adjacent to an activating group) is 1. The molecule has 10 heteroatoms. The van der Waals surface area contributed by atoms with Gasteiger partial charge in [0.2, 0.25) is 0 Å². The van der Waals surface area contributed by atoms with E-state index in [1.807, 2.05) is 24.4 Å². The minimum atomic E-state index is -0.180. The summed E-state index contributed by atoms with van der Waals surface area (Å²) in [6.45, 7) is 6.05. The highest BCUT2D eigenvalue weighted by Gasteiger charge is 2.31. The lowest BCUT2D eigenvalue weighted by Crippen LogP contribution is -2.50. The van der Waals surface area contributed by atoms with Gasteiger partial charge < -0.3 is 14.8 Å². The Morgan fingerprint density at radius 2 is 2.06 bits per heavy atom. The molecule has 5 heterocycles. The standard InChI is InChI=1S/C25H28ClN7OS/c1-15(2)8-23-31-20-11-28-19(18-6-4-5-7-27-18)10-21(20)33(23)17-9-16(13-32(3)14-17)30-24(34)25-29-12-22(26)35-25/h4-7,10-12,15-17H,8-9,13-14H2,1-3H3,(H,30,34)/t16?,17-/m0/s1. The van der Waals surface area contributed by atoms with Crippen LogP contribution in [-0.2, 0) is 6.42 Å². The third-order valence-electron chi connectivity index (χ3n) is 6.15. The van der Waals surface area contributed by atoms with E-state index in [4.69, 9.17) is 16.6 Å². The number of piperidine rings is 1. The molecule has 0 aliphatic carbocycles. The normalized spacial score (nSPS) is 18.9. The van der Waals surface area contributed by atoms with Crippen molar-refractivity contribution in [3.8, 4) is 11.4 Å². The minimum absolute atomic E-state index is 0.0182. The number of fused-ring (bicyclic) bond motifs is 1. The molecule has 1 N–H and O–H groups in total. The number of nitrogens with one attached hydrogen (secondary N) is 1. The van der Waals surface area contributed by atoms with E-state index in [9.17, 15) is 4.79 Å². The number of carbonyl (C=O) groups excluding carboxylic acids is 1. The van der Waals surface area contributed by atoms with Gasteiger partial charge in [0.05, 0.1) is 35.3 Å². The molecule has 0 radical (unpaired) electrons. The van der Waals surface area contributed by atoms with Gasteiger partial charge in [0.1, 0.15) is 15.7 Å². The van der Waals surface area contributed by atoms with Gasteiger partial charge in [-0.1, -0.05) is 42.9 Å². The van der Waals surface area contributed by atoms with Crippen LogP contribution in [0.2, 0.25) is 4.34 Å². The van der Waals surface area contributed by atoms with Crippen molar-refractivity contribution >= 4 is 39.9 Å². The molecule has 1 aliphatic heterocycles. The van der Waals surface area contributed by atoms with Gasteiger partial charge >= 0.3 is 0 Å². The SMILES string of the molecule is CC(C)Cc1nc2cnc(-c3ccccn3)cc2n1[C@H]1CC(NC(=O)c2ncc(Cl)s2)CN(C)C1. The summed E-state index contributed by atoms with van der Waals surface area (Å²) in [5.41, 5.74) is 3.59. The molecule has 2 atom stereocenters. The smallest absolute Gasteiger partial charge is 0.280 e. The lowest BCUT2D eigenvalue weighted by molar-refractivity contribution is 0.0892. The Balaban J connectivity index is 1.49. The van der Waals surface area contributed by atoms with Crippen LogP contribution < -0.4 is 5.32 Å². The first-order valence-electron chi connectivity index (χ1n) is 11.8. The zero-order valence-corrected chi connectivity index (χ0v) is 21.6. The number of aromatic nitrogens is 5. The fourth-order valence-electron chi connectivity index (χ4n) is 4.81. The number of halogens is 1. The topological polar surface area (TPSA) is 88.8 Å². The second-order valence-electron chi connectivity index (χ2n) is 9.52. The van der Waals surface area contributed by atoms with Crippen molar-refractivity contribution in [3.05, 3.63) is 58.0 Å². The van der Waals surface area contributed by atoms with Gasteiger partial charge in [0.25, 0.3) is 5.91 Å². The molecule has 0 spiro atoms. The van der Waals surface area contributed by atoms with Crippen LogP contribution in [-0.4, -0.2) is 61.5 Å². The molecule has 182 valence electrons. The molecule has 1 aliphatic rings. The number of hydrogen-bond donors (Lipinski definition) is 1. The molecule has 1 amide bonds. The van der Waals surface area contributed by atoms with Crippen molar-refractivity contribution < 1.29 is 4.79 Å². The summed E-state index contributed by atoms with van der Waals surface area (Å²) in [7, 11) is 2.09. The van der Waals surface area contributed by atoms with Crippen LogP contribution in [0.5, 0.6) is 0 Å². The van der Waals surface area contributed by atoms with Crippen molar-refractivity contribution in [1.29, 1.82) is 0 Å². The number of amides is 1. The Morgan fingerprint density at radius 1 is 1.20 bits per heavy atom. The maximum atomic E-state index is 12.8. The largest absolute Gasteiger partial charge is 0.346 e. The molecule has 0 aromatic carbocycles. The summed E-state index contributed by atoms with van der Waals surface area (Å²) in [6, 6.07) is 8.06. The molecular formula is C25H28ClN7OS. The summed E-state index contributed by atoms with van der Waals surface area (Å²) in [5.74, 6) is 1.33. The van der Waals surface area contributed by atoms with Crippen molar-refractivity contribution in [2.45, 2.75) is 38.8 Å². The fraction of sp³-hybridized carbons (Fsp3) is 0.400. The van der Waals surface area contributed by atoms with Crippen LogP contribution in [0.15, 0.2) is 42.9 Å². The number of imidazole rings is 1. The summed E-state index contributed by atoms with van der Waals surface area (Å²) in [5, 5.41) is 3.56. The number of nitrogens with zero attached hydrogens (tertiary/aromatic N) is 6. The quantitative estimate of drug-likeness (QED) is 0.412. The molecular weight excluding hydrogens is 482 g/mol. The number of pyridine rings is 2. The third-order valence-corrected chi connectivity index (χ3v) is 7.26. The van der Waals surface area contributed by atoms with Crippen LogP contribution in [0.25, 0.3) is 22.4 Å². The zero-order valence-electron chi connectivity index (χ0n) is 20.0. The van der Waals surface area contributed by atoms with Crippen molar-refractivity contribution in [2.24, 2.45) is 5.92 Å². The Hall–Kier alpha value is -2.88. The number of rotatable bonds is 6. The predicted molar refractivity (Wildman–Crippen MR) is 139 cm³/mol. The average Bonchev–Trinajstić information content (AvgIpc) is 3.41. The fourth-order valence-corrected chi connectivity index (χ4v) is 5.62. The van der Waals surface area contributed by atoms with Crippen LogP contribution in [0.4, 0.5) is 0 Å². The highest BCUT2D eigenvalue weighted by Crippen LogP contribution is 2.31. The van der Waals surface area contributed by atoms with Crippen molar-refractivity contribution in [1.82, 2.24) is 34.7 Å². The van der Waals surface area contributed by atoms with Gasteiger partial charge in [-0.15, -0.1) is 0 Å². The molecule has 4 aromatic heterocycles. The Labute approximate surface area is 213 Å². The van der Waals surface area contributed by atoms with E-state index in [1.54, 1.807) is 6.20 Å². The molecule has 5 rings (SSSR count). The molecule has 1 saturated heterocycles. The molecule has 4 aromatic rings. The number of carbonyl (C=O) groups is 1. The van der Waals surface area contributed by atoms with Crippen LogP contribution in [0.1, 0.15) is 41.9 Å². The lowest BCUT2D eigenvalue weighted by Gasteiger charge is -2.37. The average molecular weight is 510 g/mol. The summed E-state index contributed by atoms with van der Waals surface area (Å²) in [6.07, 6.45) is 6.80. The Bertz CT molecular complexity index is 1340. The third kappa shape index (κ3) is 5.22. The maximum absolute atomic E-state index is 12.8. The minimum Gasteiger partial charge on any atom is -0.346 e. The van der Waals surface area contributed by atoms with E-state index < -0.39 is 0 Å². The lowest BCUT2D eigenvalue weighted by atomic mass is 10.00. The second-order valence-corrected chi connectivity index (χ2v) is 11.2. The van der Waals surface area contributed by atoms with E-state index in [0.29, 0.717) is 15.3 Å². The van der Waals surface area contributed by atoms with Crippen LogP contribution in [0, 0.1) is 5.92 Å². The zero-order chi connectivity index (χ0) is 24.5. The number of thiazole rings is 1. The van der Waals surface area contributed by atoms with E-state index in [2.05, 4.69) is 56.7 Å². The first-order chi connectivity index (χ1) is 16.9. The number of likely N-dealkylation sites (tertiary alicyclic amines) is 1. The summed E-state index contributed by atoms with van der Waals surface area (Å²) in [4.78, 5) is 33.3. The van der Waals surface area contributed by atoms with Gasteiger partial charge in [0.15, 0.2) is 5.01 Å². The highest BCUT2D eigenvalue weighted by atomic mass is 35.5. The van der Waals surface area contributed by atoms with Crippen LogP contribution in [0.3, 0.4) is 0 Å². The molecule has 8 nitrogen and oxygen atoms in total. The van der Waals surface area contributed by atoms with E-state index in [-0.39, 0.29) is 18.0 Å². The molecule has 1 fully saturated rings. The van der Waals surface area contributed by atoms with Gasteiger partial charge in [-0.3, -0.25) is 14.8 Å². The Kier molecular flexibility index (Phi) is 6.82. The van der Waals surface area contributed by atoms with Gasteiger partial charge in [-0.05, 0) is 37.6 Å². The Morgan fingerprint density at radius 3 is 2.77 bits per heavy atom. The van der Waals surface area contributed by atoms with Gasteiger partial charge in [-0.25, -0.2) is 9.97 Å². The monoisotopic (exact) mass is 509 g/mol. The highest BCUT2D eigenvalue weighted by molar-refractivity contribution is 7.17. The predicted octanol–water partition coefficient (Wildman–Crippen LogP) is 4.48. The van der Waals surface area contributed by atoms with Gasteiger partial charge in [-0.2, -0.15) is 0 Å². The van der Waals surface area contributed by atoms with E-state index in [0.717, 1.165) is 54.2 Å². The second kappa shape index (κ2) is 10.0. The van der Waals surface area contributed by atoms with Crippen molar-refractivity contribution in [2.75, 3.05) is 20.1 Å². The van der Waals surface area contributed by atoms with Gasteiger partial charge in [0, 0.05) is 31.7 Å². The molecule has 1 unspecified atom stereocenters. The first-order valence-corrected chi connectivity index (χ1v) is 13.0. The summed E-state index contributed by atoms with van der Waals surface area (Å²) < 4.78 is 2.87. The summed E-state index contributed by atoms with van der Waals surface area (Å²) >= 11 is 7.18. The van der Waals surface area contributed by atoms with Crippen molar-refractivity contribution in [3.63, 3.8) is 0 Å². The first kappa shape index (κ1) is 23.8. The maximum Gasteiger partial charge on any atom is 0.280 e.